The molecule has 202 valence electrons. The summed E-state index contributed by atoms with van der Waals surface area (Å²) in [4.78, 5) is 32.3. The number of amides is 2. The standard InChI is InChI=1S/C29H48N4O2S/c1-21(2)18-32(19-22-8-4-3-5-9-22)25-15-26(33(20-25)29(35)27-12-7-13-36-27)28(34)31-17-24-11-6-10-23(14-24)16-30/h7,12-13,21-26H,3-6,8-11,14-20,30H2,1-2H3,(H,31,34). The highest BCUT2D eigenvalue weighted by atomic mass is 32.1. The molecule has 4 rings (SSSR count). The minimum atomic E-state index is -0.389. The smallest absolute Gasteiger partial charge is 0.264 e. The van der Waals surface area contributed by atoms with Crippen LogP contribution in [0, 0.1) is 23.7 Å². The molecule has 2 saturated carbocycles. The van der Waals surface area contributed by atoms with Gasteiger partial charge in [-0.1, -0.05) is 45.6 Å². The van der Waals surface area contributed by atoms with Crippen molar-refractivity contribution in [2.75, 3.05) is 32.7 Å². The first-order valence-electron chi connectivity index (χ1n) is 14.5. The second-order valence-corrected chi connectivity index (χ2v) is 13.0. The number of thiophene rings is 1. The van der Waals surface area contributed by atoms with E-state index in [1.807, 2.05) is 22.4 Å². The Morgan fingerprint density at radius 1 is 1.08 bits per heavy atom. The molecule has 0 bridgehead atoms. The summed E-state index contributed by atoms with van der Waals surface area (Å²) in [6, 6.07) is 3.66. The number of nitrogens with zero attached hydrogens (tertiary/aromatic N) is 2. The van der Waals surface area contributed by atoms with Crippen molar-refractivity contribution >= 4 is 23.2 Å². The molecule has 1 saturated heterocycles. The van der Waals surface area contributed by atoms with Gasteiger partial charge >= 0.3 is 0 Å². The molecule has 1 aromatic heterocycles. The predicted octanol–water partition coefficient (Wildman–Crippen LogP) is 4.75. The van der Waals surface area contributed by atoms with Crippen LogP contribution in [0.1, 0.15) is 87.7 Å². The normalized spacial score (nSPS) is 27.6. The molecule has 0 aromatic carbocycles. The van der Waals surface area contributed by atoms with E-state index >= 15 is 0 Å². The summed E-state index contributed by atoms with van der Waals surface area (Å²) in [5, 5.41) is 5.21. The second-order valence-electron chi connectivity index (χ2n) is 12.1. The molecule has 3 fully saturated rings. The first-order valence-corrected chi connectivity index (χ1v) is 15.4. The molecule has 4 unspecified atom stereocenters. The van der Waals surface area contributed by atoms with Gasteiger partial charge < -0.3 is 16.0 Å². The van der Waals surface area contributed by atoms with E-state index in [0.717, 1.165) is 49.7 Å². The Balaban J connectivity index is 1.45. The fraction of sp³-hybridized carbons (Fsp3) is 0.793. The Bertz CT molecular complexity index is 823. The quantitative estimate of drug-likeness (QED) is 0.470. The van der Waals surface area contributed by atoms with E-state index in [1.165, 1.54) is 56.3 Å². The Morgan fingerprint density at radius 3 is 2.53 bits per heavy atom. The van der Waals surface area contributed by atoms with E-state index in [9.17, 15) is 9.59 Å². The van der Waals surface area contributed by atoms with Gasteiger partial charge in [-0.25, -0.2) is 0 Å². The molecule has 6 nitrogen and oxygen atoms in total. The van der Waals surface area contributed by atoms with Crippen LogP contribution in [0.4, 0.5) is 0 Å². The van der Waals surface area contributed by atoms with Crippen molar-refractivity contribution in [2.24, 2.45) is 29.4 Å². The predicted molar refractivity (Wildman–Crippen MR) is 148 cm³/mol. The fourth-order valence-corrected chi connectivity index (χ4v) is 7.48. The zero-order chi connectivity index (χ0) is 25.5. The Hall–Kier alpha value is -1.44. The lowest BCUT2D eigenvalue weighted by Crippen LogP contribution is -2.47. The number of nitrogens with one attached hydrogen (secondary N) is 1. The molecule has 2 amide bonds. The number of hydrogen-bond donors (Lipinski definition) is 2. The minimum absolute atomic E-state index is 0.00988. The lowest BCUT2D eigenvalue weighted by atomic mass is 9.81. The molecule has 7 heteroatoms. The first kappa shape index (κ1) is 27.6. The molecule has 3 N–H and O–H groups in total. The highest BCUT2D eigenvalue weighted by Gasteiger charge is 2.42. The first-order chi connectivity index (χ1) is 17.4. The van der Waals surface area contributed by atoms with Crippen LogP contribution in [-0.4, -0.2) is 66.4 Å². The maximum absolute atomic E-state index is 13.6. The van der Waals surface area contributed by atoms with Gasteiger partial charge in [0.2, 0.25) is 5.91 Å². The van der Waals surface area contributed by atoms with Gasteiger partial charge in [0, 0.05) is 32.2 Å². The second kappa shape index (κ2) is 13.4. The summed E-state index contributed by atoms with van der Waals surface area (Å²) >= 11 is 1.47. The van der Waals surface area contributed by atoms with Gasteiger partial charge in [0.15, 0.2) is 0 Å². The van der Waals surface area contributed by atoms with Gasteiger partial charge in [-0.15, -0.1) is 11.3 Å². The van der Waals surface area contributed by atoms with Gasteiger partial charge in [0.05, 0.1) is 4.88 Å². The van der Waals surface area contributed by atoms with Crippen molar-refractivity contribution in [2.45, 2.75) is 90.1 Å². The molecule has 4 atom stereocenters. The van der Waals surface area contributed by atoms with E-state index in [0.29, 0.717) is 30.8 Å². The molecular weight excluding hydrogens is 468 g/mol. The summed E-state index contributed by atoms with van der Waals surface area (Å²) in [5.41, 5.74) is 5.93. The lowest BCUT2D eigenvalue weighted by molar-refractivity contribution is -0.125. The summed E-state index contributed by atoms with van der Waals surface area (Å²) in [7, 11) is 0. The van der Waals surface area contributed by atoms with Gasteiger partial charge in [-0.2, -0.15) is 0 Å². The van der Waals surface area contributed by atoms with Gasteiger partial charge in [-0.05, 0) is 80.2 Å². The number of rotatable bonds is 10. The minimum Gasteiger partial charge on any atom is -0.354 e. The number of nitrogens with two attached hydrogens (primary N) is 1. The van der Waals surface area contributed by atoms with Gasteiger partial charge in [-0.3, -0.25) is 14.5 Å². The molecule has 2 aliphatic carbocycles. The monoisotopic (exact) mass is 516 g/mol. The van der Waals surface area contributed by atoms with Crippen molar-refractivity contribution in [3.8, 4) is 0 Å². The average Bonchev–Trinajstić information content (AvgIpc) is 3.58. The maximum Gasteiger partial charge on any atom is 0.264 e. The Labute approximate surface area is 222 Å². The summed E-state index contributed by atoms with van der Waals surface area (Å²) < 4.78 is 0. The molecule has 3 aliphatic rings. The summed E-state index contributed by atoms with van der Waals surface area (Å²) in [6.07, 6.45) is 12.1. The molecule has 0 radical (unpaired) electrons. The largest absolute Gasteiger partial charge is 0.354 e. The van der Waals surface area contributed by atoms with Gasteiger partial charge in [0.1, 0.15) is 6.04 Å². The van der Waals surface area contributed by atoms with Crippen LogP contribution in [0.3, 0.4) is 0 Å². The van der Waals surface area contributed by atoms with Crippen molar-refractivity contribution in [3.05, 3.63) is 22.4 Å². The van der Waals surface area contributed by atoms with Crippen molar-refractivity contribution < 1.29 is 9.59 Å². The zero-order valence-corrected chi connectivity index (χ0v) is 23.3. The number of carbonyl (C=O) groups excluding carboxylic acids is 2. The fourth-order valence-electron chi connectivity index (χ4n) is 6.80. The van der Waals surface area contributed by atoms with E-state index in [4.69, 9.17) is 5.73 Å². The Kier molecular flexibility index (Phi) is 10.3. The average molecular weight is 517 g/mol. The highest BCUT2D eigenvalue weighted by molar-refractivity contribution is 7.12. The van der Waals surface area contributed by atoms with Crippen LogP contribution in [0.25, 0.3) is 0 Å². The third kappa shape index (κ3) is 7.32. The molecule has 36 heavy (non-hydrogen) atoms. The topological polar surface area (TPSA) is 78.7 Å². The summed E-state index contributed by atoms with van der Waals surface area (Å²) in [5.74, 6) is 2.42. The third-order valence-electron chi connectivity index (χ3n) is 8.70. The molecule has 2 heterocycles. The van der Waals surface area contributed by atoms with Crippen LogP contribution in [-0.2, 0) is 4.79 Å². The number of carbonyl (C=O) groups is 2. The van der Waals surface area contributed by atoms with E-state index in [1.54, 1.807) is 0 Å². The summed E-state index contributed by atoms with van der Waals surface area (Å²) in [6.45, 7) is 8.77. The van der Waals surface area contributed by atoms with Crippen LogP contribution >= 0.6 is 11.3 Å². The molecular formula is C29H48N4O2S. The molecule has 0 spiro atoms. The van der Waals surface area contributed by atoms with Gasteiger partial charge in [0.25, 0.3) is 5.91 Å². The lowest BCUT2D eigenvalue weighted by Gasteiger charge is -2.35. The number of likely N-dealkylation sites (tertiary alicyclic amines) is 1. The van der Waals surface area contributed by atoms with E-state index < -0.39 is 0 Å². The van der Waals surface area contributed by atoms with Crippen LogP contribution in [0.5, 0.6) is 0 Å². The maximum atomic E-state index is 13.6. The molecule has 1 aliphatic heterocycles. The van der Waals surface area contributed by atoms with Crippen molar-refractivity contribution in [3.63, 3.8) is 0 Å². The Morgan fingerprint density at radius 2 is 1.83 bits per heavy atom. The zero-order valence-electron chi connectivity index (χ0n) is 22.5. The van der Waals surface area contributed by atoms with Crippen LogP contribution in [0.2, 0.25) is 0 Å². The van der Waals surface area contributed by atoms with E-state index in [-0.39, 0.29) is 23.9 Å². The highest BCUT2D eigenvalue weighted by Crippen LogP contribution is 2.31. The van der Waals surface area contributed by atoms with Crippen molar-refractivity contribution in [1.29, 1.82) is 0 Å². The van der Waals surface area contributed by atoms with Crippen molar-refractivity contribution in [1.82, 2.24) is 15.1 Å². The van der Waals surface area contributed by atoms with E-state index in [2.05, 4.69) is 24.1 Å². The molecule has 1 aromatic rings. The SMILES string of the molecule is CC(C)CN(CC1CCCCC1)C1CC(C(=O)NCC2CCCC(CN)C2)N(C(=O)c2cccs2)C1. The third-order valence-corrected chi connectivity index (χ3v) is 9.56. The number of hydrogen-bond acceptors (Lipinski definition) is 5. The van der Waals surface area contributed by atoms with Crippen LogP contribution in [0.15, 0.2) is 17.5 Å². The van der Waals surface area contributed by atoms with Crippen LogP contribution < -0.4 is 11.1 Å².